The van der Waals surface area contributed by atoms with E-state index < -0.39 is 0 Å². The van der Waals surface area contributed by atoms with Gasteiger partial charge in [0.2, 0.25) is 0 Å². The average molecular weight is 306 g/mol. The third-order valence-corrected chi connectivity index (χ3v) is 3.71. The quantitative estimate of drug-likeness (QED) is 0.822. The van der Waals surface area contributed by atoms with Gasteiger partial charge in [-0.05, 0) is 51.2 Å². The first kappa shape index (κ1) is 14.3. The summed E-state index contributed by atoms with van der Waals surface area (Å²) in [6.07, 6.45) is 0.0256. The number of H-pyrrole nitrogens is 1. The van der Waals surface area contributed by atoms with Crippen LogP contribution in [0.15, 0.2) is 22.6 Å². The van der Waals surface area contributed by atoms with Crippen LogP contribution in [0.3, 0.4) is 0 Å². The summed E-state index contributed by atoms with van der Waals surface area (Å²) in [6, 6.07) is 5.34. The molecule has 0 aliphatic carbocycles. The van der Waals surface area contributed by atoms with E-state index in [4.69, 9.17) is 21.4 Å². The second-order valence-corrected chi connectivity index (χ2v) is 6.47. The number of carbonyl (C=O) groups is 1. The van der Waals surface area contributed by atoms with E-state index in [1.165, 1.54) is 0 Å². The second-order valence-electron chi connectivity index (χ2n) is 6.10. The highest BCUT2D eigenvalue weighted by Crippen LogP contribution is 2.23. The average Bonchev–Trinajstić information content (AvgIpc) is 2.74. The Morgan fingerprint density at radius 2 is 2.24 bits per heavy atom. The molecule has 2 aromatic rings. The van der Waals surface area contributed by atoms with Gasteiger partial charge in [0.05, 0.1) is 17.2 Å². The lowest BCUT2D eigenvalue weighted by Crippen LogP contribution is -2.53. The number of aromatic nitrogens is 1. The molecule has 0 spiro atoms. The minimum atomic E-state index is -0.330. The van der Waals surface area contributed by atoms with E-state index in [9.17, 15) is 4.79 Å². The summed E-state index contributed by atoms with van der Waals surface area (Å²) in [5.41, 5.74) is 1.67. The van der Waals surface area contributed by atoms with Gasteiger partial charge in [0.25, 0.3) is 10.7 Å². The highest BCUT2D eigenvalue weighted by molar-refractivity contribution is 7.71. The molecule has 0 saturated carbocycles. The molecule has 1 aliphatic rings. The summed E-state index contributed by atoms with van der Waals surface area (Å²) in [6.45, 7) is 7.14. The van der Waals surface area contributed by atoms with Crippen LogP contribution in [-0.2, 0) is 4.74 Å². The molecule has 1 amide bonds. The van der Waals surface area contributed by atoms with Crippen molar-refractivity contribution in [2.24, 2.45) is 0 Å². The van der Waals surface area contributed by atoms with E-state index in [0.717, 1.165) is 5.52 Å². The molecule has 1 N–H and O–H groups in total. The smallest absolute Gasteiger partial charge is 0.266 e. The standard InChI is InChI=1S/C15H18N2O3S/c1-9-7-17(8-15(2,3)20-9)13(18)10-4-5-11-12(6-10)19-14(21)16-11/h4-6,9H,7-8H2,1-3H3,(H,16,21)/t9-/m0/s1. The normalized spacial score (nSPS) is 21.7. The van der Waals surface area contributed by atoms with Gasteiger partial charge in [-0.1, -0.05) is 0 Å². The fourth-order valence-corrected chi connectivity index (χ4v) is 3.07. The Balaban J connectivity index is 1.90. The SMILES string of the molecule is C[C@H]1CN(C(=O)c2ccc3[nH]c(=S)oc3c2)CC(C)(C)O1. The molecule has 0 unspecified atom stereocenters. The molecule has 1 aliphatic heterocycles. The van der Waals surface area contributed by atoms with Crippen molar-refractivity contribution >= 4 is 29.2 Å². The topological polar surface area (TPSA) is 58.5 Å². The lowest BCUT2D eigenvalue weighted by atomic mass is 10.0. The van der Waals surface area contributed by atoms with E-state index in [-0.39, 0.29) is 17.6 Å². The van der Waals surface area contributed by atoms with Gasteiger partial charge in [0, 0.05) is 18.7 Å². The van der Waals surface area contributed by atoms with Crippen LogP contribution in [0.1, 0.15) is 31.1 Å². The van der Waals surface area contributed by atoms with E-state index in [1.807, 2.05) is 31.7 Å². The van der Waals surface area contributed by atoms with Crippen molar-refractivity contribution < 1.29 is 13.9 Å². The van der Waals surface area contributed by atoms with Crippen molar-refractivity contribution in [3.8, 4) is 0 Å². The largest absolute Gasteiger partial charge is 0.429 e. The maximum atomic E-state index is 12.7. The number of hydrogen-bond donors (Lipinski definition) is 1. The molecular weight excluding hydrogens is 288 g/mol. The Morgan fingerprint density at radius 3 is 2.95 bits per heavy atom. The van der Waals surface area contributed by atoms with Crippen LogP contribution in [0.2, 0.25) is 0 Å². The van der Waals surface area contributed by atoms with Crippen LogP contribution >= 0.6 is 12.2 Å². The predicted octanol–water partition coefficient (Wildman–Crippen LogP) is 3.13. The molecule has 21 heavy (non-hydrogen) atoms. The minimum absolute atomic E-state index is 0.0116. The van der Waals surface area contributed by atoms with Crippen molar-refractivity contribution in [1.29, 1.82) is 0 Å². The minimum Gasteiger partial charge on any atom is -0.429 e. The molecule has 1 saturated heterocycles. The van der Waals surface area contributed by atoms with Gasteiger partial charge in [-0.3, -0.25) is 4.79 Å². The van der Waals surface area contributed by atoms with Crippen LogP contribution < -0.4 is 0 Å². The zero-order valence-electron chi connectivity index (χ0n) is 12.3. The number of benzene rings is 1. The number of ether oxygens (including phenoxy) is 1. The molecule has 1 aromatic carbocycles. The Bertz CT molecular complexity index is 747. The van der Waals surface area contributed by atoms with Crippen molar-refractivity contribution in [3.63, 3.8) is 0 Å². The fraction of sp³-hybridized carbons (Fsp3) is 0.467. The van der Waals surface area contributed by atoms with Crippen molar-refractivity contribution in [3.05, 3.63) is 28.6 Å². The number of carbonyl (C=O) groups excluding carboxylic acids is 1. The third-order valence-electron chi connectivity index (χ3n) is 3.52. The fourth-order valence-electron chi connectivity index (χ4n) is 2.87. The second kappa shape index (κ2) is 4.96. The number of oxazole rings is 1. The monoisotopic (exact) mass is 306 g/mol. The Kier molecular flexibility index (Phi) is 3.37. The number of rotatable bonds is 1. The Labute approximate surface area is 127 Å². The third kappa shape index (κ3) is 2.87. The van der Waals surface area contributed by atoms with Crippen molar-refractivity contribution in [1.82, 2.24) is 9.88 Å². The van der Waals surface area contributed by atoms with Gasteiger partial charge < -0.3 is 19.0 Å². The summed E-state index contributed by atoms with van der Waals surface area (Å²) in [5.74, 6) is -0.0116. The van der Waals surface area contributed by atoms with Crippen molar-refractivity contribution in [2.45, 2.75) is 32.5 Å². The first-order chi connectivity index (χ1) is 9.84. The lowest BCUT2D eigenvalue weighted by Gasteiger charge is -2.41. The summed E-state index contributed by atoms with van der Waals surface area (Å²) < 4.78 is 11.2. The van der Waals surface area contributed by atoms with Crippen LogP contribution in [0.4, 0.5) is 0 Å². The molecular formula is C15H18N2O3S. The van der Waals surface area contributed by atoms with Crippen molar-refractivity contribution in [2.75, 3.05) is 13.1 Å². The molecule has 2 heterocycles. The Morgan fingerprint density at radius 1 is 1.48 bits per heavy atom. The zero-order valence-corrected chi connectivity index (χ0v) is 13.1. The summed E-state index contributed by atoms with van der Waals surface area (Å²) in [4.78, 5) is 17.7. The highest BCUT2D eigenvalue weighted by Gasteiger charge is 2.34. The predicted molar refractivity (Wildman–Crippen MR) is 81.9 cm³/mol. The number of aromatic amines is 1. The number of nitrogens with one attached hydrogen (secondary N) is 1. The van der Waals surface area contributed by atoms with Crippen LogP contribution in [0.25, 0.3) is 11.1 Å². The van der Waals surface area contributed by atoms with Gasteiger partial charge >= 0.3 is 0 Å². The molecule has 112 valence electrons. The molecule has 3 rings (SSSR count). The lowest BCUT2D eigenvalue weighted by molar-refractivity contribution is -0.118. The van der Waals surface area contributed by atoms with Crippen LogP contribution in [0.5, 0.6) is 0 Å². The number of hydrogen-bond acceptors (Lipinski definition) is 4. The summed E-state index contributed by atoms with van der Waals surface area (Å²) >= 11 is 4.96. The molecule has 5 nitrogen and oxygen atoms in total. The molecule has 1 aromatic heterocycles. The van der Waals surface area contributed by atoms with Crippen LogP contribution in [-0.4, -0.2) is 40.6 Å². The number of amides is 1. The van der Waals surface area contributed by atoms with Gasteiger partial charge in [0.1, 0.15) is 0 Å². The molecule has 0 bridgehead atoms. The first-order valence-corrected chi connectivity index (χ1v) is 7.35. The molecule has 6 heteroatoms. The first-order valence-electron chi connectivity index (χ1n) is 6.94. The zero-order chi connectivity index (χ0) is 15.2. The number of fused-ring (bicyclic) bond motifs is 1. The van der Waals surface area contributed by atoms with Gasteiger partial charge in [-0.15, -0.1) is 0 Å². The molecule has 1 atom stereocenters. The van der Waals surface area contributed by atoms with E-state index in [2.05, 4.69) is 4.98 Å². The summed E-state index contributed by atoms with van der Waals surface area (Å²) in [7, 11) is 0. The number of morpholine rings is 1. The van der Waals surface area contributed by atoms with Crippen LogP contribution in [0, 0.1) is 4.84 Å². The highest BCUT2D eigenvalue weighted by atomic mass is 32.1. The van der Waals surface area contributed by atoms with E-state index >= 15 is 0 Å². The van der Waals surface area contributed by atoms with Gasteiger partial charge in [-0.2, -0.15) is 0 Å². The maximum absolute atomic E-state index is 12.7. The molecule has 1 fully saturated rings. The molecule has 0 radical (unpaired) electrons. The Hall–Kier alpha value is -1.66. The van der Waals surface area contributed by atoms with E-state index in [1.54, 1.807) is 12.1 Å². The van der Waals surface area contributed by atoms with Gasteiger partial charge in [-0.25, -0.2) is 0 Å². The maximum Gasteiger partial charge on any atom is 0.266 e. The number of nitrogens with zero attached hydrogens (tertiary/aromatic N) is 1. The summed E-state index contributed by atoms with van der Waals surface area (Å²) in [5, 5.41) is 0. The van der Waals surface area contributed by atoms with E-state index in [0.29, 0.717) is 29.1 Å². The van der Waals surface area contributed by atoms with Gasteiger partial charge in [0.15, 0.2) is 5.58 Å².